The summed E-state index contributed by atoms with van der Waals surface area (Å²) in [5.74, 6) is 0.691. The second-order valence-corrected chi connectivity index (χ2v) is 5.30. The van der Waals surface area contributed by atoms with E-state index in [2.05, 4.69) is 15.2 Å². The molecule has 2 N–H and O–H groups in total. The number of anilines is 1. The third kappa shape index (κ3) is 3.65. The SMILES string of the molecule is CC(C(=O)Nc1ccc(Cl)cn1)N1CCC(CO)C1. The molecule has 0 aliphatic carbocycles. The van der Waals surface area contributed by atoms with Gasteiger partial charge >= 0.3 is 0 Å². The van der Waals surface area contributed by atoms with Crippen LogP contribution in [-0.2, 0) is 4.79 Å². The summed E-state index contributed by atoms with van der Waals surface area (Å²) >= 11 is 5.74. The normalized spacial score (nSPS) is 21.3. The number of aromatic nitrogens is 1. The minimum absolute atomic E-state index is 0.0894. The van der Waals surface area contributed by atoms with Gasteiger partial charge in [-0.1, -0.05) is 11.6 Å². The molecular formula is C13H18ClN3O2. The van der Waals surface area contributed by atoms with Crippen LogP contribution >= 0.6 is 11.6 Å². The highest BCUT2D eigenvalue weighted by molar-refractivity contribution is 6.30. The Balaban J connectivity index is 1.91. The van der Waals surface area contributed by atoms with Gasteiger partial charge in [-0.15, -0.1) is 0 Å². The fourth-order valence-electron chi connectivity index (χ4n) is 2.21. The van der Waals surface area contributed by atoms with Crippen molar-refractivity contribution in [2.75, 3.05) is 25.0 Å². The Morgan fingerprint density at radius 1 is 1.68 bits per heavy atom. The first kappa shape index (κ1) is 14.2. The molecule has 5 nitrogen and oxygen atoms in total. The quantitative estimate of drug-likeness (QED) is 0.876. The van der Waals surface area contributed by atoms with E-state index in [9.17, 15) is 4.79 Å². The molecule has 1 aromatic heterocycles. The molecule has 1 aliphatic rings. The average molecular weight is 284 g/mol. The highest BCUT2D eigenvalue weighted by Crippen LogP contribution is 2.18. The lowest BCUT2D eigenvalue weighted by atomic mass is 10.1. The Labute approximate surface area is 117 Å². The van der Waals surface area contributed by atoms with E-state index in [1.54, 1.807) is 12.1 Å². The Morgan fingerprint density at radius 3 is 3.05 bits per heavy atom. The number of nitrogens with zero attached hydrogens (tertiary/aromatic N) is 2. The van der Waals surface area contributed by atoms with Crippen molar-refractivity contribution >= 4 is 23.3 Å². The number of hydrogen-bond donors (Lipinski definition) is 2. The third-order valence-corrected chi connectivity index (χ3v) is 3.70. The van der Waals surface area contributed by atoms with Gasteiger partial charge in [-0.2, -0.15) is 0 Å². The van der Waals surface area contributed by atoms with Gasteiger partial charge in [0.2, 0.25) is 5.91 Å². The molecule has 1 fully saturated rings. The highest BCUT2D eigenvalue weighted by Gasteiger charge is 2.29. The number of halogens is 1. The third-order valence-electron chi connectivity index (χ3n) is 3.48. The predicted molar refractivity (Wildman–Crippen MR) is 74.1 cm³/mol. The Kier molecular flexibility index (Phi) is 4.74. The van der Waals surface area contributed by atoms with E-state index in [4.69, 9.17) is 16.7 Å². The summed E-state index contributed by atoms with van der Waals surface area (Å²) in [6.45, 7) is 3.65. The second-order valence-electron chi connectivity index (χ2n) is 4.86. The fraction of sp³-hybridized carbons (Fsp3) is 0.538. The fourth-order valence-corrected chi connectivity index (χ4v) is 2.32. The summed E-state index contributed by atoms with van der Waals surface area (Å²) < 4.78 is 0. The molecule has 0 bridgehead atoms. The number of rotatable bonds is 4. The number of likely N-dealkylation sites (tertiary alicyclic amines) is 1. The lowest BCUT2D eigenvalue weighted by molar-refractivity contribution is -0.120. The van der Waals surface area contributed by atoms with Gasteiger partial charge in [0.05, 0.1) is 11.1 Å². The number of carbonyl (C=O) groups excluding carboxylic acids is 1. The summed E-state index contributed by atoms with van der Waals surface area (Å²) in [5, 5.41) is 12.4. The van der Waals surface area contributed by atoms with Gasteiger partial charge < -0.3 is 10.4 Å². The topological polar surface area (TPSA) is 65.5 Å². The molecule has 2 rings (SSSR count). The number of nitrogens with one attached hydrogen (secondary N) is 1. The molecule has 0 radical (unpaired) electrons. The number of hydrogen-bond acceptors (Lipinski definition) is 4. The molecule has 2 unspecified atom stereocenters. The Bertz CT molecular complexity index is 438. The van der Waals surface area contributed by atoms with Crippen molar-refractivity contribution < 1.29 is 9.90 Å². The van der Waals surface area contributed by atoms with Crippen molar-refractivity contribution in [3.63, 3.8) is 0 Å². The van der Waals surface area contributed by atoms with Crippen LogP contribution in [0.25, 0.3) is 0 Å². The number of aliphatic hydroxyl groups excluding tert-OH is 1. The second kappa shape index (κ2) is 6.32. The molecule has 1 aliphatic heterocycles. The molecular weight excluding hydrogens is 266 g/mol. The molecule has 6 heteroatoms. The van der Waals surface area contributed by atoms with Crippen LogP contribution in [0.2, 0.25) is 5.02 Å². The minimum Gasteiger partial charge on any atom is -0.396 e. The van der Waals surface area contributed by atoms with Crippen LogP contribution in [-0.4, -0.2) is 46.6 Å². The van der Waals surface area contributed by atoms with Crippen LogP contribution in [0.4, 0.5) is 5.82 Å². The van der Waals surface area contributed by atoms with Gasteiger partial charge in [-0.25, -0.2) is 4.98 Å². The van der Waals surface area contributed by atoms with Gasteiger partial charge in [0.15, 0.2) is 0 Å². The molecule has 0 spiro atoms. The number of aliphatic hydroxyl groups is 1. The van der Waals surface area contributed by atoms with E-state index in [1.807, 2.05) is 6.92 Å². The number of pyridine rings is 1. The first-order valence-corrected chi connectivity index (χ1v) is 6.75. The van der Waals surface area contributed by atoms with Crippen LogP contribution in [0, 0.1) is 5.92 Å². The van der Waals surface area contributed by atoms with Gasteiger partial charge in [0, 0.05) is 19.3 Å². The van der Waals surface area contributed by atoms with E-state index in [0.29, 0.717) is 10.8 Å². The van der Waals surface area contributed by atoms with Gasteiger partial charge in [-0.3, -0.25) is 9.69 Å². The smallest absolute Gasteiger partial charge is 0.242 e. The molecule has 1 saturated heterocycles. The molecule has 19 heavy (non-hydrogen) atoms. The van der Waals surface area contributed by atoms with Gasteiger partial charge in [0.1, 0.15) is 5.82 Å². The van der Waals surface area contributed by atoms with E-state index >= 15 is 0 Å². The van der Waals surface area contributed by atoms with Crippen molar-refractivity contribution in [1.82, 2.24) is 9.88 Å². The van der Waals surface area contributed by atoms with E-state index in [-0.39, 0.29) is 24.5 Å². The molecule has 1 amide bonds. The first-order valence-electron chi connectivity index (χ1n) is 6.37. The van der Waals surface area contributed by atoms with E-state index in [0.717, 1.165) is 19.5 Å². The van der Waals surface area contributed by atoms with Crippen LogP contribution in [0.3, 0.4) is 0 Å². The maximum absolute atomic E-state index is 12.1. The Morgan fingerprint density at radius 2 is 2.47 bits per heavy atom. The van der Waals surface area contributed by atoms with Gasteiger partial charge in [0.25, 0.3) is 0 Å². The minimum atomic E-state index is -0.228. The van der Waals surface area contributed by atoms with Crippen molar-refractivity contribution in [3.05, 3.63) is 23.4 Å². The van der Waals surface area contributed by atoms with Crippen LogP contribution in [0.5, 0.6) is 0 Å². The van der Waals surface area contributed by atoms with Crippen LogP contribution < -0.4 is 5.32 Å². The summed E-state index contributed by atoms with van der Waals surface area (Å²) in [7, 11) is 0. The van der Waals surface area contributed by atoms with E-state index in [1.165, 1.54) is 6.20 Å². The van der Waals surface area contributed by atoms with E-state index < -0.39 is 0 Å². The monoisotopic (exact) mass is 283 g/mol. The number of amides is 1. The first-order chi connectivity index (χ1) is 9.10. The van der Waals surface area contributed by atoms with Crippen molar-refractivity contribution in [1.29, 1.82) is 0 Å². The zero-order valence-corrected chi connectivity index (χ0v) is 11.6. The molecule has 2 heterocycles. The average Bonchev–Trinajstić information content (AvgIpc) is 2.89. The summed E-state index contributed by atoms with van der Waals surface area (Å²) in [6, 6.07) is 3.13. The van der Waals surface area contributed by atoms with Crippen molar-refractivity contribution in [2.45, 2.75) is 19.4 Å². The standard InChI is InChI=1S/C13H18ClN3O2/c1-9(17-5-4-10(7-17)8-18)13(19)16-12-3-2-11(14)6-15-12/h2-3,6,9-10,18H,4-5,7-8H2,1H3,(H,15,16,19). The molecule has 0 aromatic carbocycles. The summed E-state index contributed by atoms with van der Waals surface area (Å²) in [6.07, 6.45) is 2.44. The van der Waals surface area contributed by atoms with Gasteiger partial charge in [-0.05, 0) is 37.9 Å². The molecule has 104 valence electrons. The lowest BCUT2D eigenvalue weighted by Gasteiger charge is -2.23. The Hall–Kier alpha value is -1.17. The summed E-state index contributed by atoms with van der Waals surface area (Å²) in [5.41, 5.74) is 0. The maximum atomic E-state index is 12.1. The molecule has 0 saturated carbocycles. The maximum Gasteiger partial charge on any atom is 0.242 e. The van der Waals surface area contributed by atoms with Crippen LogP contribution in [0.15, 0.2) is 18.3 Å². The largest absolute Gasteiger partial charge is 0.396 e. The number of carbonyl (C=O) groups is 1. The summed E-state index contributed by atoms with van der Waals surface area (Å²) in [4.78, 5) is 18.2. The van der Waals surface area contributed by atoms with Crippen molar-refractivity contribution in [2.24, 2.45) is 5.92 Å². The lowest BCUT2D eigenvalue weighted by Crippen LogP contribution is -2.41. The molecule has 1 aromatic rings. The molecule has 2 atom stereocenters. The zero-order valence-electron chi connectivity index (χ0n) is 10.8. The highest BCUT2D eigenvalue weighted by atomic mass is 35.5. The zero-order chi connectivity index (χ0) is 13.8. The van der Waals surface area contributed by atoms with Crippen LogP contribution in [0.1, 0.15) is 13.3 Å². The van der Waals surface area contributed by atoms with Crippen molar-refractivity contribution in [3.8, 4) is 0 Å². The predicted octanol–water partition coefficient (Wildman–Crippen LogP) is 1.38.